The molecule has 35 heavy (non-hydrogen) atoms. The van der Waals surface area contributed by atoms with Gasteiger partial charge in [-0.2, -0.15) is 0 Å². The lowest BCUT2D eigenvalue weighted by molar-refractivity contribution is -0.137. The van der Waals surface area contributed by atoms with Crippen molar-refractivity contribution in [3.8, 4) is 11.5 Å². The highest BCUT2D eigenvalue weighted by Gasteiger charge is 2.44. The van der Waals surface area contributed by atoms with Crippen molar-refractivity contribution in [2.24, 2.45) is 0 Å². The molecule has 1 amide bonds. The molecule has 1 aromatic carbocycles. The number of allylic oxidation sites excluding steroid dienone is 4. The van der Waals surface area contributed by atoms with Gasteiger partial charge in [0.25, 0.3) is 5.91 Å². The number of aliphatic carboxylic acids is 1. The Bertz CT molecular complexity index is 1020. The van der Waals surface area contributed by atoms with Crippen LogP contribution in [0.25, 0.3) is 0 Å². The first-order chi connectivity index (χ1) is 16.5. The van der Waals surface area contributed by atoms with Crippen molar-refractivity contribution < 1.29 is 29.6 Å². The maximum atomic E-state index is 12.9. The molecule has 0 aliphatic carbocycles. The average Bonchev–Trinajstić information content (AvgIpc) is 3.08. The van der Waals surface area contributed by atoms with Crippen LogP contribution in [0.3, 0.4) is 0 Å². The molecule has 0 fully saturated rings. The summed E-state index contributed by atoms with van der Waals surface area (Å²) in [4.78, 5) is 25.4. The smallest absolute Gasteiger partial charge is 0.303 e. The predicted octanol–water partition coefficient (Wildman–Crippen LogP) is 5.13. The number of aliphatic hydroxyl groups excluding tert-OH is 1. The molecule has 192 valence electrons. The third kappa shape index (κ3) is 6.45. The van der Waals surface area contributed by atoms with Gasteiger partial charge in [-0.05, 0) is 72.3 Å². The van der Waals surface area contributed by atoms with Crippen LogP contribution in [-0.4, -0.2) is 50.3 Å². The molecule has 0 spiro atoms. The van der Waals surface area contributed by atoms with E-state index >= 15 is 0 Å². The van der Waals surface area contributed by atoms with E-state index < -0.39 is 17.7 Å². The second kappa shape index (κ2) is 11.3. The molecule has 0 saturated heterocycles. The third-order valence-electron chi connectivity index (χ3n) is 7.06. The number of carbonyl (C=O) groups is 2. The lowest BCUT2D eigenvalue weighted by Crippen LogP contribution is -2.49. The van der Waals surface area contributed by atoms with Crippen LogP contribution >= 0.6 is 0 Å². The Hall–Kier alpha value is -2.80. The molecular weight excluding hydrogens is 446 g/mol. The summed E-state index contributed by atoms with van der Waals surface area (Å²) in [5.74, 6) is -0.543. The van der Waals surface area contributed by atoms with Crippen LogP contribution in [0.15, 0.2) is 29.4 Å². The number of hydrogen-bond acceptors (Lipinski definition) is 5. The van der Waals surface area contributed by atoms with Crippen molar-refractivity contribution in [2.75, 3.05) is 6.54 Å². The van der Waals surface area contributed by atoms with Crippen molar-refractivity contribution in [1.82, 2.24) is 4.90 Å². The number of unbranched alkanes of at least 4 members (excludes halogenated alkanes) is 1. The lowest BCUT2D eigenvalue weighted by Gasteiger charge is -2.40. The number of carboxylic acids is 1. The third-order valence-corrected chi connectivity index (χ3v) is 7.06. The summed E-state index contributed by atoms with van der Waals surface area (Å²) in [6, 6.07) is 1.48. The fourth-order valence-electron chi connectivity index (χ4n) is 4.82. The average molecular weight is 486 g/mol. The SMILES string of the molecule is CC(C)=CCCC(C)=CCCC1(C)Oc2c(c(O)cc3c2CN(CCCCC(=O)O)C3=O)CC1O. The van der Waals surface area contributed by atoms with E-state index in [1.165, 1.54) is 17.2 Å². The predicted molar refractivity (Wildman–Crippen MR) is 135 cm³/mol. The Morgan fingerprint density at radius 3 is 2.60 bits per heavy atom. The van der Waals surface area contributed by atoms with Crippen LogP contribution in [0.4, 0.5) is 0 Å². The molecule has 3 N–H and O–H groups in total. The molecule has 0 radical (unpaired) electrons. The number of ether oxygens (including phenoxy) is 1. The van der Waals surface area contributed by atoms with Gasteiger partial charge in [-0.25, -0.2) is 0 Å². The highest BCUT2D eigenvalue weighted by molar-refractivity contribution is 6.00. The highest BCUT2D eigenvalue weighted by Crippen LogP contribution is 2.46. The number of rotatable bonds is 11. The summed E-state index contributed by atoms with van der Waals surface area (Å²) in [5.41, 5.74) is 3.50. The van der Waals surface area contributed by atoms with Gasteiger partial charge >= 0.3 is 5.97 Å². The van der Waals surface area contributed by atoms with Crippen LogP contribution in [0.5, 0.6) is 11.5 Å². The van der Waals surface area contributed by atoms with Crippen molar-refractivity contribution in [3.05, 3.63) is 46.1 Å². The molecule has 0 saturated carbocycles. The molecule has 2 unspecified atom stereocenters. The summed E-state index contributed by atoms with van der Waals surface area (Å²) < 4.78 is 6.40. The van der Waals surface area contributed by atoms with Gasteiger partial charge < -0.3 is 25.0 Å². The monoisotopic (exact) mass is 485 g/mol. The highest BCUT2D eigenvalue weighted by atomic mass is 16.5. The van der Waals surface area contributed by atoms with Gasteiger partial charge in [0.1, 0.15) is 17.1 Å². The zero-order valence-corrected chi connectivity index (χ0v) is 21.4. The Morgan fingerprint density at radius 2 is 1.91 bits per heavy atom. The number of aromatic hydroxyl groups is 1. The molecule has 0 aromatic heterocycles. The minimum Gasteiger partial charge on any atom is -0.508 e. The second-order valence-corrected chi connectivity index (χ2v) is 10.4. The number of amides is 1. The topological polar surface area (TPSA) is 107 Å². The number of hydrogen-bond donors (Lipinski definition) is 3. The van der Waals surface area contributed by atoms with E-state index in [1.54, 1.807) is 4.90 Å². The van der Waals surface area contributed by atoms with Gasteiger partial charge in [-0.15, -0.1) is 0 Å². The normalized spacial score (nSPS) is 21.4. The van der Waals surface area contributed by atoms with Crippen LogP contribution in [0.1, 0.15) is 94.1 Å². The van der Waals surface area contributed by atoms with Crippen molar-refractivity contribution in [2.45, 2.75) is 97.3 Å². The molecule has 1 aromatic rings. The number of aliphatic hydroxyl groups is 1. The first-order valence-electron chi connectivity index (χ1n) is 12.6. The molecule has 2 aliphatic rings. The van der Waals surface area contributed by atoms with Crippen molar-refractivity contribution in [1.29, 1.82) is 0 Å². The molecule has 0 bridgehead atoms. The minimum atomic E-state index is -0.843. The van der Waals surface area contributed by atoms with E-state index in [2.05, 4.69) is 32.9 Å². The van der Waals surface area contributed by atoms with E-state index in [-0.39, 0.29) is 24.5 Å². The Labute approximate surface area is 208 Å². The Morgan fingerprint density at radius 1 is 1.17 bits per heavy atom. The quantitative estimate of drug-likeness (QED) is 0.296. The zero-order valence-electron chi connectivity index (χ0n) is 21.4. The van der Waals surface area contributed by atoms with E-state index in [9.17, 15) is 19.8 Å². The number of carbonyl (C=O) groups excluding carboxylic acids is 1. The minimum absolute atomic E-state index is 0.0315. The van der Waals surface area contributed by atoms with E-state index in [1.807, 2.05) is 6.92 Å². The maximum absolute atomic E-state index is 12.9. The van der Waals surface area contributed by atoms with Crippen molar-refractivity contribution >= 4 is 11.9 Å². The molecule has 2 heterocycles. The number of nitrogens with zero attached hydrogens (tertiary/aromatic N) is 1. The van der Waals surface area contributed by atoms with Crippen LogP contribution < -0.4 is 4.74 Å². The fraction of sp³-hybridized carbons (Fsp3) is 0.571. The summed E-state index contributed by atoms with van der Waals surface area (Å²) in [5, 5.41) is 30.4. The number of carboxylic acid groups (broad SMARTS) is 1. The number of phenolic OH excluding ortho intramolecular Hbond substituents is 1. The molecule has 2 atom stereocenters. The molecule has 2 aliphatic heterocycles. The van der Waals surface area contributed by atoms with Crippen LogP contribution in [0.2, 0.25) is 0 Å². The van der Waals surface area contributed by atoms with Crippen LogP contribution in [0, 0.1) is 0 Å². The number of benzene rings is 1. The lowest BCUT2D eigenvalue weighted by atomic mass is 9.84. The van der Waals surface area contributed by atoms with E-state index in [0.717, 1.165) is 24.8 Å². The summed E-state index contributed by atoms with van der Waals surface area (Å²) in [6.07, 6.45) is 8.48. The molecular formula is C28H39NO6. The Balaban J connectivity index is 1.71. The first-order valence-corrected chi connectivity index (χ1v) is 12.6. The van der Waals surface area contributed by atoms with Crippen molar-refractivity contribution in [3.63, 3.8) is 0 Å². The number of phenols is 1. The van der Waals surface area contributed by atoms with E-state index in [4.69, 9.17) is 9.84 Å². The molecule has 7 heteroatoms. The summed E-state index contributed by atoms with van der Waals surface area (Å²) in [7, 11) is 0. The van der Waals surface area contributed by atoms with Crippen LogP contribution in [-0.2, 0) is 17.8 Å². The van der Waals surface area contributed by atoms with Gasteiger partial charge in [0.2, 0.25) is 0 Å². The maximum Gasteiger partial charge on any atom is 0.303 e. The standard InChI is InChI=1S/C28H39NO6/c1-18(2)9-7-10-19(3)11-8-13-28(4)24(31)16-21-23(30)15-20-22(26(21)35-28)17-29(27(20)34)14-6-5-12-25(32)33/h9,11,15,24,30-31H,5-8,10,12-14,16-17H2,1-4H3,(H,32,33). The van der Waals surface area contributed by atoms with Gasteiger partial charge in [-0.3, -0.25) is 9.59 Å². The molecule has 7 nitrogen and oxygen atoms in total. The largest absolute Gasteiger partial charge is 0.508 e. The van der Waals surface area contributed by atoms with Gasteiger partial charge in [0, 0.05) is 30.5 Å². The fourth-order valence-corrected chi connectivity index (χ4v) is 4.82. The summed E-state index contributed by atoms with van der Waals surface area (Å²) >= 11 is 0. The summed E-state index contributed by atoms with van der Waals surface area (Å²) in [6.45, 7) is 9.02. The zero-order chi connectivity index (χ0) is 25.8. The van der Waals surface area contributed by atoms with Gasteiger partial charge in [0.15, 0.2) is 0 Å². The first kappa shape index (κ1) is 26.8. The van der Waals surface area contributed by atoms with Gasteiger partial charge in [0.05, 0.1) is 18.2 Å². The van der Waals surface area contributed by atoms with Gasteiger partial charge in [-0.1, -0.05) is 23.3 Å². The van der Waals surface area contributed by atoms with E-state index in [0.29, 0.717) is 49.2 Å². The second-order valence-electron chi connectivity index (χ2n) is 10.4. The molecule has 3 rings (SSSR count). The Kier molecular flexibility index (Phi) is 8.65. The number of fused-ring (bicyclic) bond motifs is 3.